The van der Waals surface area contributed by atoms with E-state index in [4.69, 9.17) is 5.73 Å². The second-order valence-electron chi connectivity index (χ2n) is 6.85. The van der Waals surface area contributed by atoms with E-state index in [0.717, 1.165) is 23.3 Å². The van der Waals surface area contributed by atoms with Gasteiger partial charge >= 0.3 is 0 Å². The van der Waals surface area contributed by atoms with Crippen LogP contribution < -0.4 is 5.73 Å². The van der Waals surface area contributed by atoms with E-state index in [-0.39, 0.29) is 24.8 Å². The lowest BCUT2D eigenvalue weighted by Gasteiger charge is -2.26. The number of pyridine rings is 1. The van der Waals surface area contributed by atoms with Gasteiger partial charge in [0.15, 0.2) is 0 Å². The van der Waals surface area contributed by atoms with Gasteiger partial charge in [-0.05, 0) is 62.9 Å². The molecule has 2 rings (SSSR count). The lowest BCUT2D eigenvalue weighted by Crippen LogP contribution is -2.28. The summed E-state index contributed by atoms with van der Waals surface area (Å²) in [5, 5.41) is 12.9. The van der Waals surface area contributed by atoms with E-state index in [2.05, 4.69) is 26.8 Å². The molecule has 29 heavy (non-hydrogen) atoms. The van der Waals surface area contributed by atoms with Crippen LogP contribution in [0.2, 0.25) is 0 Å². The Hall–Kier alpha value is -2.93. The zero-order valence-electron chi connectivity index (χ0n) is 16.8. The fourth-order valence-corrected chi connectivity index (χ4v) is 3.31. The molecule has 6 nitrogen and oxygen atoms in total. The highest BCUT2D eigenvalue weighted by Gasteiger charge is 2.28. The first-order chi connectivity index (χ1) is 14.1. The summed E-state index contributed by atoms with van der Waals surface area (Å²) in [5.41, 5.74) is 9.27. The van der Waals surface area contributed by atoms with Crippen LogP contribution in [0.4, 0.5) is 4.39 Å². The largest absolute Gasteiger partial charge is 0.411 e. The molecule has 154 valence electrons. The number of aromatic nitrogens is 1. The number of allylic oxidation sites excluding steroid dienone is 6. The van der Waals surface area contributed by atoms with Gasteiger partial charge in [-0.25, -0.2) is 4.39 Å². The summed E-state index contributed by atoms with van der Waals surface area (Å²) in [5.74, 6) is 0.0286. The molecule has 0 aromatic carbocycles. The maximum Gasteiger partial charge on any atom is 0.100 e. The molecule has 0 amide bonds. The Morgan fingerprint density at radius 2 is 2.17 bits per heavy atom. The molecule has 1 aromatic rings. The Labute approximate surface area is 171 Å². The number of hydrogen-bond donors (Lipinski definition) is 2. The highest BCUT2D eigenvalue weighted by molar-refractivity contribution is 6.26. The Morgan fingerprint density at radius 1 is 1.38 bits per heavy atom. The Bertz CT molecular complexity index is 840. The van der Waals surface area contributed by atoms with Gasteiger partial charge in [-0.2, -0.15) is 0 Å². The SMILES string of the molecule is C=N/C(C)=C1C(=N/CN)\CC(C/C=C\C/C(F)=C\Cc2cccnc2)CC\1=N/O. The summed E-state index contributed by atoms with van der Waals surface area (Å²) in [6.45, 7) is 5.50. The minimum atomic E-state index is -0.172. The van der Waals surface area contributed by atoms with E-state index in [1.165, 1.54) is 0 Å². The first-order valence-electron chi connectivity index (χ1n) is 9.60. The van der Waals surface area contributed by atoms with Crippen molar-refractivity contribution in [2.45, 2.75) is 39.0 Å². The fraction of sp³-hybridized carbons (Fsp3) is 0.364. The zero-order chi connectivity index (χ0) is 21.1. The van der Waals surface area contributed by atoms with Crippen LogP contribution >= 0.6 is 0 Å². The summed E-state index contributed by atoms with van der Waals surface area (Å²) in [7, 11) is 0. The Morgan fingerprint density at radius 3 is 2.83 bits per heavy atom. The zero-order valence-corrected chi connectivity index (χ0v) is 16.8. The molecule has 1 unspecified atom stereocenters. The lowest BCUT2D eigenvalue weighted by molar-refractivity contribution is 0.316. The van der Waals surface area contributed by atoms with Crippen molar-refractivity contribution in [2.75, 3.05) is 6.67 Å². The standard InChI is InChI=1S/C22H28FN5O/c1-16(25-2)22-20(27-15-24)12-18(13-21(22)28-29)6-3-4-8-19(23)10-9-17-7-5-11-26-14-17/h3-5,7,10-11,14,18,29H,2,6,8-9,12-13,15,24H2,1H3/b4-3-,19-10+,22-16+,27-20-,28-21+. The van der Waals surface area contributed by atoms with Crippen molar-refractivity contribution in [3.63, 3.8) is 0 Å². The van der Waals surface area contributed by atoms with Gasteiger partial charge in [0.2, 0.25) is 0 Å². The molecular weight excluding hydrogens is 369 g/mol. The summed E-state index contributed by atoms with van der Waals surface area (Å²) in [6.07, 6.45) is 11.6. The van der Waals surface area contributed by atoms with Crippen molar-refractivity contribution < 1.29 is 9.60 Å². The maximum atomic E-state index is 14.0. The van der Waals surface area contributed by atoms with Crippen LogP contribution in [0.1, 0.15) is 38.2 Å². The summed E-state index contributed by atoms with van der Waals surface area (Å²) in [6, 6.07) is 3.76. The molecule has 1 aliphatic carbocycles. The van der Waals surface area contributed by atoms with Crippen LogP contribution in [0.5, 0.6) is 0 Å². The number of oxime groups is 1. The van der Waals surface area contributed by atoms with Crippen LogP contribution in [0.15, 0.2) is 75.0 Å². The van der Waals surface area contributed by atoms with Gasteiger partial charge < -0.3 is 10.9 Å². The second kappa shape index (κ2) is 11.8. The topological polar surface area (TPSA) is 96.2 Å². The van der Waals surface area contributed by atoms with Crippen molar-refractivity contribution >= 4 is 18.1 Å². The van der Waals surface area contributed by atoms with Crippen LogP contribution in [-0.4, -0.2) is 35.0 Å². The number of hydrogen-bond acceptors (Lipinski definition) is 6. The van der Waals surface area contributed by atoms with Crippen molar-refractivity contribution in [3.05, 3.63) is 65.4 Å². The first-order valence-corrected chi connectivity index (χ1v) is 9.60. The number of nitrogens with zero attached hydrogens (tertiary/aromatic N) is 4. The van der Waals surface area contributed by atoms with Crippen molar-refractivity contribution in [3.8, 4) is 0 Å². The molecule has 1 heterocycles. The predicted octanol–water partition coefficient (Wildman–Crippen LogP) is 4.39. The summed E-state index contributed by atoms with van der Waals surface area (Å²) in [4.78, 5) is 12.3. The van der Waals surface area contributed by atoms with E-state index in [0.29, 0.717) is 30.7 Å². The third kappa shape index (κ3) is 6.87. The highest BCUT2D eigenvalue weighted by Crippen LogP contribution is 2.29. The number of halogens is 1. The molecule has 7 heteroatoms. The fourth-order valence-electron chi connectivity index (χ4n) is 3.31. The molecule has 1 saturated carbocycles. The third-order valence-electron chi connectivity index (χ3n) is 4.77. The van der Waals surface area contributed by atoms with Crippen molar-refractivity contribution in [2.24, 2.45) is 26.8 Å². The van der Waals surface area contributed by atoms with E-state index in [9.17, 15) is 9.60 Å². The van der Waals surface area contributed by atoms with Crippen LogP contribution in [0, 0.1) is 5.92 Å². The molecule has 0 spiro atoms. The van der Waals surface area contributed by atoms with Crippen LogP contribution in [0.25, 0.3) is 0 Å². The minimum Gasteiger partial charge on any atom is -0.411 e. The Kier molecular flexibility index (Phi) is 9.11. The number of nitrogens with two attached hydrogens (primary N) is 1. The second-order valence-corrected chi connectivity index (χ2v) is 6.85. The molecule has 1 aromatic heterocycles. The predicted molar refractivity (Wildman–Crippen MR) is 116 cm³/mol. The highest BCUT2D eigenvalue weighted by atomic mass is 19.1. The van der Waals surface area contributed by atoms with Crippen LogP contribution in [-0.2, 0) is 6.42 Å². The minimum absolute atomic E-state index is 0.150. The van der Waals surface area contributed by atoms with Gasteiger partial charge in [-0.1, -0.05) is 23.4 Å². The molecule has 0 bridgehead atoms. The first kappa shape index (κ1) is 22.4. The smallest absolute Gasteiger partial charge is 0.100 e. The van der Waals surface area contributed by atoms with E-state index in [1.54, 1.807) is 25.4 Å². The average molecular weight is 397 g/mol. The van der Waals surface area contributed by atoms with Gasteiger partial charge in [0.05, 0.1) is 12.4 Å². The average Bonchev–Trinajstić information content (AvgIpc) is 2.75. The maximum absolute atomic E-state index is 14.0. The van der Waals surface area contributed by atoms with Gasteiger partial charge in [0, 0.05) is 35.8 Å². The van der Waals surface area contributed by atoms with Gasteiger partial charge in [0.25, 0.3) is 0 Å². The Balaban J connectivity index is 1.95. The molecule has 3 N–H and O–H groups in total. The monoisotopic (exact) mass is 397 g/mol. The van der Waals surface area contributed by atoms with Crippen molar-refractivity contribution in [1.82, 2.24) is 4.98 Å². The normalized spacial score (nSPS) is 22.4. The van der Waals surface area contributed by atoms with Gasteiger partial charge in [-0.3, -0.25) is 15.0 Å². The lowest BCUT2D eigenvalue weighted by atomic mass is 9.80. The summed E-state index contributed by atoms with van der Waals surface area (Å²) < 4.78 is 14.0. The molecule has 0 radical (unpaired) electrons. The third-order valence-corrected chi connectivity index (χ3v) is 4.77. The molecule has 1 atom stereocenters. The van der Waals surface area contributed by atoms with E-state index >= 15 is 0 Å². The number of rotatable bonds is 8. The van der Waals surface area contributed by atoms with Gasteiger partial charge in [0.1, 0.15) is 5.83 Å². The van der Waals surface area contributed by atoms with Crippen molar-refractivity contribution in [1.29, 1.82) is 0 Å². The molecule has 1 fully saturated rings. The summed E-state index contributed by atoms with van der Waals surface area (Å²) >= 11 is 0. The van der Waals surface area contributed by atoms with Crippen LogP contribution in [0.3, 0.4) is 0 Å². The van der Waals surface area contributed by atoms with E-state index < -0.39 is 0 Å². The van der Waals surface area contributed by atoms with E-state index in [1.807, 2.05) is 24.3 Å². The number of aliphatic imine (C=N–C) groups is 2. The molecule has 1 aliphatic rings. The molecular formula is C22H28FN5O. The quantitative estimate of drug-likeness (QED) is 0.295. The molecule has 0 saturated heterocycles. The van der Waals surface area contributed by atoms with Gasteiger partial charge in [-0.15, -0.1) is 0 Å². The molecule has 0 aliphatic heterocycles.